The molecular weight excluding hydrogens is 262 g/mol. The molecule has 21 heavy (non-hydrogen) atoms. The van der Waals surface area contributed by atoms with Crippen LogP contribution in [0.15, 0.2) is 29.1 Å². The van der Waals surface area contributed by atoms with Crippen molar-refractivity contribution in [2.24, 2.45) is 11.8 Å². The molecule has 3 rings (SSSR count). The van der Waals surface area contributed by atoms with E-state index in [4.69, 9.17) is 0 Å². The Balaban J connectivity index is 1.90. The van der Waals surface area contributed by atoms with Gasteiger partial charge in [-0.1, -0.05) is 19.9 Å². The lowest BCUT2D eigenvalue weighted by molar-refractivity contribution is 0.133. The van der Waals surface area contributed by atoms with Gasteiger partial charge in [-0.15, -0.1) is 0 Å². The highest BCUT2D eigenvalue weighted by Gasteiger charge is 2.22. The van der Waals surface area contributed by atoms with Crippen molar-refractivity contribution < 1.29 is 0 Å². The van der Waals surface area contributed by atoms with Crippen LogP contribution in [0.3, 0.4) is 0 Å². The van der Waals surface area contributed by atoms with Crippen LogP contribution in [0, 0.1) is 18.8 Å². The molecule has 0 spiro atoms. The van der Waals surface area contributed by atoms with Gasteiger partial charge in [-0.3, -0.25) is 14.1 Å². The summed E-state index contributed by atoms with van der Waals surface area (Å²) in [5.41, 5.74) is 2.57. The van der Waals surface area contributed by atoms with Gasteiger partial charge in [0.2, 0.25) is 0 Å². The van der Waals surface area contributed by atoms with Crippen molar-refractivity contribution in [3.8, 4) is 0 Å². The van der Waals surface area contributed by atoms with Gasteiger partial charge in [0, 0.05) is 31.4 Å². The summed E-state index contributed by atoms with van der Waals surface area (Å²) in [6.45, 7) is 9.50. The largest absolute Gasteiger partial charge is 0.297 e. The zero-order valence-electron chi connectivity index (χ0n) is 13.0. The summed E-state index contributed by atoms with van der Waals surface area (Å²) < 4.78 is 1.67. The van der Waals surface area contributed by atoms with Crippen LogP contribution >= 0.6 is 0 Å². The standard InChI is InChI=1S/C17H23N3O/c1-12-7-13(2)10-19(9-12)11-15-8-17(21)20-14(3)5-4-6-16(20)18-15/h4-6,8,12-13H,7,9-11H2,1-3H3/t12-,13-/m0/s1. The topological polar surface area (TPSA) is 37.6 Å². The van der Waals surface area contributed by atoms with Gasteiger partial charge in [-0.25, -0.2) is 4.98 Å². The van der Waals surface area contributed by atoms with Crippen molar-refractivity contribution in [1.82, 2.24) is 14.3 Å². The predicted octanol–water partition coefficient (Wildman–Crippen LogP) is 2.48. The SMILES string of the molecule is Cc1cccc2nc(CN3C[C@@H](C)C[C@H](C)C3)cc(=O)n12. The Hall–Kier alpha value is -1.68. The fourth-order valence-electron chi connectivity index (χ4n) is 3.59. The normalized spacial score (nSPS) is 23.6. The van der Waals surface area contributed by atoms with Crippen LogP contribution in [0.2, 0.25) is 0 Å². The fraction of sp³-hybridized carbons (Fsp3) is 0.529. The van der Waals surface area contributed by atoms with Crippen molar-refractivity contribution in [3.63, 3.8) is 0 Å². The third-order valence-corrected chi connectivity index (χ3v) is 4.26. The number of fused-ring (bicyclic) bond motifs is 1. The molecule has 2 atom stereocenters. The van der Waals surface area contributed by atoms with E-state index in [0.29, 0.717) is 0 Å². The number of rotatable bonds is 2. The first-order valence-corrected chi connectivity index (χ1v) is 7.73. The van der Waals surface area contributed by atoms with Crippen LogP contribution in [0.5, 0.6) is 0 Å². The number of hydrogen-bond acceptors (Lipinski definition) is 3. The zero-order chi connectivity index (χ0) is 15.0. The van der Waals surface area contributed by atoms with Gasteiger partial charge in [-0.2, -0.15) is 0 Å². The summed E-state index contributed by atoms with van der Waals surface area (Å²) in [5, 5.41) is 0. The quantitative estimate of drug-likeness (QED) is 0.850. The molecule has 0 N–H and O–H groups in total. The predicted molar refractivity (Wildman–Crippen MR) is 84.4 cm³/mol. The zero-order valence-corrected chi connectivity index (χ0v) is 13.0. The molecule has 1 fully saturated rings. The molecular formula is C17H23N3O. The van der Waals surface area contributed by atoms with Gasteiger partial charge >= 0.3 is 0 Å². The Morgan fingerprint density at radius 2 is 1.95 bits per heavy atom. The number of aryl methyl sites for hydroxylation is 1. The Morgan fingerprint density at radius 1 is 1.24 bits per heavy atom. The number of aromatic nitrogens is 2. The minimum Gasteiger partial charge on any atom is -0.297 e. The van der Waals surface area contributed by atoms with Gasteiger partial charge in [0.05, 0.1) is 5.69 Å². The van der Waals surface area contributed by atoms with E-state index in [1.165, 1.54) is 6.42 Å². The van der Waals surface area contributed by atoms with Crippen LogP contribution in [-0.4, -0.2) is 27.4 Å². The summed E-state index contributed by atoms with van der Waals surface area (Å²) >= 11 is 0. The second-order valence-corrected chi connectivity index (χ2v) is 6.59. The van der Waals surface area contributed by atoms with Crippen LogP contribution < -0.4 is 5.56 Å². The summed E-state index contributed by atoms with van der Waals surface area (Å²) in [5.74, 6) is 1.44. The number of pyridine rings is 1. The maximum absolute atomic E-state index is 12.3. The minimum atomic E-state index is 0.0196. The lowest BCUT2D eigenvalue weighted by atomic mass is 9.92. The second-order valence-electron chi connectivity index (χ2n) is 6.59. The van der Waals surface area contributed by atoms with Crippen molar-refractivity contribution >= 4 is 5.65 Å². The third kappa shape index (κ3) is 3.00. The van der Waals surface area contributed by atoms with E-state index in [0.717, 1.165) is 48.5 Å². The smallest absolute Gasteiger partial charge is 0.258 e. The van der Waals surface area contributed by atoms with E-state index in [-0.39, 0.29) is 5.56 Å². The number of nitrogens with zero attached hydrogens (tertiary/aromatic N) is 3. The monoisotopic (exact) mass is 285 g/mol. The average Bonchev–Trinajstić information content (AvgIpc) is 2.36. The van der Waals surface area contributed by atoms with Crippen LogP contribution in [-0.2, 0) is 6.54 Å². The minimum absolute atomic E-state index is 0.0196. The van der Waals surface area contributed by atoms with Gasteiger partial charge in [0.15, 0.2) is 0 Å². The highest BCUT2D eigenvalue weighted by Crippen LogP contribution is 2.22. The van der Waals surface area contributed by atoms with Crippen molar-refractivity contribution in [1.29, 1.82) is 0 Å². The van der Waals surface area contributed by atoms with Crippen molar-refractivity contribution in [2.75, 3.05) is 13.1 Å². The molecule has 0 radical (unpaired) electrons. The maximum Gasteiger partial charge on any atom is 0.258 e. The number of hydrogen-bond donors (Lipinski definition) is 0. The highest BCUT2D eigenvalue weighted by molar-refractivity contribution is 5.40. The number of likely N-dealkylation sites (tertiary alicyclic amines) is 1. The first-order chi connectivity index (χ1) is 10.0. The molecule has 1 aliphatic rings. The molecule has 0 unspecified atom stereocenters. The molecule has 0 aromatic carbocycles. The molecule has 0 saturated carbocycles. The molecule has 3 heterocycles. The van der Waals surface area contributed by atoms with Gasteiger partial charge < -0.3 is 0 Å². The van der Waals surface area contributed by atoms with E-state index < -0.39 is 0 Å². The van der Waals surface area contributed by atoms with E-state index >= 15 is 0 Å². The first-order valence-electron chi connectivity index (χ1n) is 7.73. The summed E-state index contributed by atoms with van der Waals surface area (Å²) in [6.07, 6.45) is 1.30. The Bertz CT molecular complexity index is 697. The highest BCUT2D eigenvalue weighted by atomic mass is 16.1. The average molecular weight is 285 g/mol. The van der Waals surface area contributed by atoms with E-state index in [1.807, 2.05) is 25.1 Å². The molecule has 0 bridgehead atoms. The van der Waals surface area contributed by atoms with Crippen LogP contribution in [0.1, 0.15) is 31.7 Å². The van der Waals surface area contributed by atoms with E-state index in [2.05, 4.69) is 23.7 Å². The van der Waals surface area contributed by atoms with E-state index in [9.17, 15) is 4.79 Å². The molecule has 2 aromatic heterocycles. The Kier molecular flexibility index (Phi) is 3.81. The fourth-order valence-corrected chi connectivity index (χ4v) is 3.59. The molecule has 112 valence electrons. The third-order valence-electron chi connectivity index (χ3n) is 4.26. The summed E-state index contributed by atoms with van der Waals surface area (Å²) in [7, 11) is 0. The molecule has 4 heteroatoms. The lowest BCUT2D eigenvalue weighted by Crippen LogP contribution is -2.38. The van der Waals surface area contributed by atoms with Crippen molar-refractivity contribution in [3.05, 3.63) is 46.0 Å². The van der Waals surface area contributed by atoms with Crippen LogP contribution in [0.25, 0.3) is 5.65 Å². The molecule has 0 aliphatic carbocycles. The first kappa shape index (κ1) is 14.3. The molecule has 4 nitrogen and oxygen atoms in total. The summed E-state index contributed by atoms with van der Waals surface area (Å²) in [4.78, 5) is 19.4. The maximum atomic E-state index is 12.3. The Morgan fingerprint density at radius 3 is 2.67 bits per heavy atom. The second kappa shape index (κ2) is 5.60. The summed E-state index contributed by atoms with van der Waals surface area (Å²) in [6, 6.07) is 7.47. The van der Waals surface area contributed by atoms with E-state index in [1.54, 1.807) is 10.5 Å². The number of piperidine rings is 1. The van der Waals surface area contributed by atoms with Crippen LogP contribution in [0.4, 0.5) is 0 Å². The molecule has 1 saturated heterocycles. The van der Waals surface area contributed by atoms with Crippen molar-refractivity contribution in [2.45, 2.75) is 33.7 Å². The molecule has 2 aromatic rings. The van der Waals surface area contributed by atoms with Gasteiger partial charge in [0.25, 0.3) is 5.56 Å². The lowest BCUT2D eigenvalue weighted by Gasteiger charge is -2.34. The van der Waals surface area contributed by atoms with Gasteiger partial charge in [0.1, 0.15) is 5.65 Å². The molecule has 0 amide bonds. The molecule has 1 aliphatic heterocycles. The Labute approximate surface area is 125 Å². The van der Waals surface area contributed by atoms with Gasteiger partial charge in [-0.05, 0) is 37.3 Å².